The Morgan fingerprint density at radius 3 is 1.83 bits per heavy atom. The first kappa shape index (κ1) is 22.3. The van der Waals surface area contributed by atoms with Gasteiger partial charge in [-0.2, -0.15) is 0 Å². The summed E-state index contributed by atoms with van der Waals surface area (Å²) < 4.78 is 22.5. The van der Waals surface area contributed by atoms with Crippen LogP contribution in [0.1, 0.15) is 59.3 Å². The molecule has 5 nitrogen and oxygen atoms in total. The number of unbranched alkanes of at least 4 members (excludes halogenated alkanes) is 5. The van der Waals surface area contributed by atoms with E-state index in [9.17, 15) is 4.79 Å². The van der Waals surface area contributed by atoms with Gasteiger partial charge in [0.1, 0.15) is 0 Å². The van der Waals surface area contributed by atoms with E-state index in [0.717, 1.165) is 38.1 Å². The second-order valence-corrected chi connectivity index (χ2v) is 7.96. The molecule has 0 atom stereocenters. The molecule has 0 aromatic heterocycles. The van der Waals surface area contributed by atoms with E-state index in [1.165, 1.54) is 12.5 Å². The topological polar surface area (TPSA) is 54.0 Å². The van der Waals surface area contributed by atoms with Crippen LogP contribution in [-0.2, 0) is 22.8 Å². The van der Waals surface area contributed by atoms with Gasteiger partial charge in [0, 0.05) is 31.9 Å². The molecule has 0 spiro atoms. The van der Waals surface area contributed by atoms with E-state index >= 15 is 0 Å². The molecule has 0 heterocycles. The lowest BCUT2D eigenvalue weighted by molar-refractivity contribution is -0.137. The Kier molecular flexibility index (Phi) is 14.4. The highest BCUT2D eigenvalue weighted by atomic mass is 28.4. The maximum atomic E-state index is 10.9. The quantitative estimate of drug-likeness (QED) is 0.182. The molecule has 6 heteroatoms. The fourth-order valence-corrected chi connectivity index (χ4v) is 5.07. The standard InChI is InChI=1S/C17H34O5Si/c1-5-17(18)19-15-13-11-9-10-12-14-16-23(20-6-2,21-7-3)22-8-4/h5H,1,6-16H2,2-4H3. The number of rotatable bonds is 16. The minimum absolute atomic E-state index is 0.339. The van der Waals surface area contributed by atoms with Crippen LogP contribution in [0.3, 0.4) is 0 Å². The van der Waals surface area contributed by atoms with Crippen molar-refractivity contribution >= 4 is 14.8 Å². The van der Waals surface area contributed by atoms with E-state index in [2.05, 4.69) is 6.58 Å². The smallest absolute Gasteiger partial charge is 0.463 e. The first-order valence-corrected chi connectivity index (χ1v) is 10.8. The number of esters is 1. The SMILES string of the molecule is C=CC(=O)OCCCCCCCC[Si](OCC)(OCC)OCC. The highest BCUT2D eigenvalue weighted by molar-refractivity contribution is 6.60. The molecule has 0 radical (unpaired) electrons. The Balaban J connectivity index is 3.76. The number of hydrogen-bond donors (Lipinski definition) is 0. The molecule has 0 unspecified atom stereocenters. The predicted molar refractivity (Wildman–Crippen MR) is 94.3 cm³/mol. The normalized spacial score (nSPS) is 11.4. The molecule has 0 saturated carbocycles. The zero-order chi connectivity index (χ0) is 17.4. The summed E-state index contributed by atoms with van der Waals surface area (Å²) >= 11 is 0. The molecular weight excluding hydrogens is 312 g/mol. The molecule has 0 aliphatic heterocycles. The van der Waals surface area contributed by atoms with Crippen LogP contribution in [0.25, 0.3) is 0 Å². The predicted octanol–water partition coefficient (Wildman–Crippen LogP) is 4.10. The lowest BCUT2D eigenvalue weighted by Crippen LogP contribution is -2.45. The lowest BCUT2D eigenvalue weighted by Gasteiger charge is -2.28. The molecule has 0 aromatic carbocycles. The summed E-state index contributed by atoms with van der Waals surface area (Å²) in [5, 5.41) is 0. The van der Waals surface area contributed by atoms with Gasteiger partial charge in [0.25, 0.3) is 0 Å². The second kappa shape index (κ2) is 14.9. The summed E-state index contributed by atoms with van der Waals surface area (Å²) in [7, 11) is -2.46. The summed E-state index contributed by atoms with van der Waals surface area (Å²) in [6, 6.07) is 0.888. The van der Waals surface area contributed by atoms with Gasteiger partial charge in [-0.15, -0.1) is 0 Å². The van der Waals surface area contributed by atoms with Crippen LogP contribution in [0.2, 0.25) is 6.04 Å². The fraction of sp³-hybridized carbons (Fsp3) is 0.824. The zero-order valence-corrected chi connectivity index (χ0v) is 16.1. The number of carbonyl (C=O) groups excluding carboxylic acids is 1. The summed E-state index contributed by atoms with van der Waals surface area (Å²) in [6.45, 7) is 11.7. The third-order valence-electron chi connectivity index (χ3n) is 3.38. The maximum Gasteiger partial charge on any atom is 0.500 e. The highest BCUT2D eigenvalue weighted by Gasteiger charge is 2.39. The van der Waals surface area contributed by atoms with Crippen molar-refractivity contribution in [3.05, 3.63) is 12.7 Å². The van der Waals surface area contributed by atoms with E-state index in [4.69, 9.17) is 18.0 Å². The van der Waals surface area contributed by atoms with Gasteiger partial charge in [-0.25, -0.2) is 4.79 Å². The number of hydrogen-bond acceptors (Lipinski definition) is 5. The number of carbonyl (C=O) groups is 1. The van der Waals surface area contributed by atoms with Crippen molar-refractivity contribution in [1.29, 1.82) is 0 Å². The van der Waals surface area contributed by atoms with Crippen LogP contribution in [0.5, 0.6) is 0 Å². The van der Waals surface area contributed by atoms with Crippen molar-refractivity contribution in [3.8, 4) is 0 Å². The van der Waals surface area contributed by atoms with E-state index in [-0.39, 0.29) is 5.97 Å². The molecular formula is C17H34O5Si. The molecule has 0 rings (SSSR count). The lowest BCUT2D eigenvalue weighted by atomic mass is 10.1. The molecule has 0 aliphatic carbocycles. The van der Waals surface area contributed by atoms with Crippen LogP contribution in [0.15, 0.2) is 12.7 Å². The van der Waals surface area contributed by atoms with Gasteiger partial charge in [0.2, 0.25) is 0 Å². The monoisotopic (exact) mass is 346 g/mol. The van der Waals surface area contributed by atoms with Gasteiger partial charge in [-0.3, -0.25) is 0 Å². The molecule has 0 amide bonds. The third kappa shape index (κ3) is 11.5. The first-order valence-electron chi connectivity index (χ1n) is 8.85. The zero-order valence-electron chi connectivity index (χ0n) is 15.1. The van der Waals surface area contributed by atoms with Crippen LogP contribution in [-0.4, -0.2) is 41.2 Å². The van der Waals surface area contributed by atoms with Crippen molar-refractivity contribution in [2.24, 2.45) is 0 Å². The molecule has 0 aliphatic rings. The van der Waals surface area contributed by atoms with Gasteiger partial charge in [0.05, 0.1) is 6.61 Å². The Morgan fingerprint density at radius 1 is 0.870 bits per heavy atom. The Hall–Kier alpha value is -0.693. The molecule has 23 heavy (non-hydrogen) atoms. The van der Waals surface area contributed by atoms with E-state index < -0.39 is 8.80 Å². The van der Waals surface area contributed by atoms with Gasteiger partial charge in [-0.1, -0.05) is 32.3 Å². The van der Waals surface area contributed by atoms with Gasteiger partial charge in [-0.05, 0) is 33.6 Å². The minimum atomic E-state index is -2.46. The van der Waals surface area contributed by atoms with Crippen molar-refractivity contribution in [1.82, 2.24) is 0 Å². The van der Waals surface area contributed by atoms with E-state index in [0.29, 0.717) is 26.4 Å². The van der Waals surface area contributed by atoms with Crippen LogP contribution in [0, 0.1) is 0 Å². The Morgan fingerprint density at radius 2 is 1.35 bits per heavy atom. The van der Waals surface area contributed by atoms with Crippen molar-refractivity contribution in [2.75, 3.05) is 26.4 Å². The Bertz CT molecular complexity index is 292. The van der Waals surface area contributed by atoms with Crippen LogP contribution >= 0.6 is 0 Å². The van der Waals surface area contributed by atoms with Crippen molar-refractivity contribution < 1.29 is 22.8 Å². The Labute approximate surface area is 142 Å². The summed E-state index contributed by atoms with van der Waals surface area (Å²) in [4.78, 5) is 10.9. The first-order chi connectivity index (χ1) is 11.1. The van der Waals surface area contributed by atoms with Crippen molar-refractivity contribution in [2.45, 2.75) is 65.3 Å². The average molecular weight is 347 g/mol. The molecule has 0 fully saturated rings. The largest absolute Gasteiger partial charge is 0.500 e. The summed E-state index contributed by atoms with van der Waals surface area (Å²) in [5.41, 5.74) is 0. The van der Waals surface area contributed by atoms with Crippen LogP contribution in [0.4, 0.5) is 0 Å². The molecule has 0 N–H and O–H groups in total. The maximum absolute atomic E-state index is 10.9. The fourth-order valence-electron chi connectivity index (χ4n) is 2.38. The summed E-state index contributed by atoms with van der Waals surface area (Å²) in [6.07, 6.45) is 7.73. The minimum Gasteiger partial charge on any atom is -0.463 e. The molecule has 0 bridgehead atoms. The molecule has 136 valence electrons. The van der Waals surface area contributed by atoms with Crippen molar-refractivity contribution in [3.63, 3.8) is 0 Å². The average Bonchev–Trinajstić information content (AvgIpc) is 2.53. The molecule has 0 saturated heterocycles. The van der Waals surface area contributed by atoms with E-state index in [1.54, 1.807) is 0 Å². The van der Waals surface area contributed by atoms with E-state index in [1.807, 2.05) is 20.8 Å². The number of ether oxygens (including phenoxy) is 1. The van der Waals surface area contributed by atoms with Crippen LogP contribution < -0.4 is 0 Å². The molecule has 0 aromatic rings. The second-order valence-electron chi connectivity index (χ2n) is 5.22. The van der Waals surface area contributed by atoms with Gasteiger partial charge in [0.15, 0.2) is 0 Å². The highest BCUT2D eigenvalue weighted by Crippen LogP contribution is 2.20. The van der Waals surface area contributed by atoms with Gasteiger partial charge >= 0.3 is 14.8 Å². The summed E-state index contributed by atoms with van der Waals surface area (Å²) in [5.74, 6) is -0.339. The third-order valence-corrected chi connectivity index (χ3v) is 6.53. The van der Waals surface area contributed by atoms with Gasteiger partial charge < -0.3 is 18.0 Å².